The first kappa shape index (κ1) is 31.6. The molecule has 5 aromatic rings. The molecule has 0 amide bonds. The summed E-state index contributed by atoms with van der Waals surface area (Å²) >= 11 is -6.40. The molecule has 0 radical (unpaired) electrons. The number of rotatable bonds is 8. The molecule has 232 valence electrons. The summed E-state index contributed by atoms with van der Waals surface area (Å²) in [7, 11) is 0. The van der Waals surface area contributed by atoms with Gasteiger partial charge in [-0.2, -0.15) is 0 Å². The summed E-state index contributed by atoms with van der Waals surface area (Å²) in [5.74, 6) is -0.0371. The first-order valence-corrected chi connectivity index (χ1v) is 26.3. The van der Waals surface area contributed by atoms with Crippen molar-refractivity contribution in [3.05, 3.63) is 151 Å². The standard InChI is InChI=1S/C21H20GeO2.C20H23N.Bi/c23-21(24)16-17-22(18-10-4-1-5-11-18,19-12-6-2-7-13-19)20-14-8-3-9-15-20;1-4-10-18(11-5-1)16-21(20-14-8-3-9-15-20)17-19-12-6-2-7-13-19;/h1-15H,16-17H2,(H,23,24);1-2,4-7,10,12,20H,3,8-9,14-17H2;/q;;+1/p-1. The molecule has 0 saturated heterocycles. The average Bonchev–Trinajstić information content (AvgIpc) is 3.12. The van der Waals surface area contributed by atoms with Crippen LogP contribution in [0.15, 0.2) is 140 Å². The Morgan fingerprint density at radius 1 is 0.609 bits per heavy atom. The monoisotopic (exact) mass is 863 g/mol. The number of hydrogen-bond acceptors (Lipinski definition) is 3. The van der Waals surface area contributed by atoms with Gasteiger partial charge in [0.15, 0.2) is 0 Å². The van der Waals surface area contributed by atoms with Gasteiger partial charge in [-0.25, -0.2) is 0 Å². The molecule has 1 heterocycles. The summed E-state index contributed by atoms with van der Waals surface area (Å²) in [6, 6.07) is 51.2. The van der Waals surface area contributed by atoms with Crippen LogP contribution in [0.25, 0.3) is 0 Å². The fraction of sp³-hybridized carbons (Fsp3) is 0.244. The van der Waals surface area contributed by atoms with Crippen LogP contribution in [0.1, 0.15) is 49.7 Å². The zero-order valence-electron chi connectivity index (χ0n) is 26.4. The molecule has 0 bridgehead atoms. The van der Waals surface area contributed by atoms with Gasteiger partial charge in [0.05, 0.1) is 0 Å². The van der Waals surface area contributed by atoms with Gasteiger partial charge in [-0.15, -0.1) is 0 Å². The van der Waals surface area contributed by atoms with Gasteiger partial charge in [0.2, 0.25) is 0 Å². The Bertz CT molecular complexity index is 1590. The van der Waals surface area contributed by atoms with Crippen molar-refractivity contribution in [1.29, 1.82) is 0 Å². The predicted molar refractivity (Wildman–Crippen MR) is 194 cm³/mol. The molecule has 1 aliphatic carbocycles. The van der Waals surface area contributed by atoms with Crippen molar-refractivity contribution in [1.82, 2.24) is 4.90 Å². The zero-order valence-corrected chi connectivity index (χ0v) is 32.0. The zero-order chi connectivity index (χ0) is 31.2. The van der Waals surface area contributed by atoms with Crippen molar-refractivity contribution >= 4 is 61.2 Å². The van der Waals surface area contributed by atoms with Crippen molar-refractivity contribution < 1.29 is 7.61 Å². The normalized spacial score (nSPS) is 16.1. The summed E-state index contributed by atoms with van der Waals surface area (Å²) in [6.45, 7) is 1.88. The van der Waals surface area contributed by atoms with E-state index in [4.69, 9.17) is 2.81 Å². The number of fused-ring (bicyclic) bond motifs is 2. The first-order valence-electron chi connectivity index (χ1n) is 16.8. The Morgan fingerprint density at radius 3 is 1.52 bits per heavy atom. The molecular weight excluding hydrogens is 820 g/mol. The van der Waals surface area contributed by atoms with Crippen LogP contribution >= 0.6 is 0 Å². The van der Waals surface area contributed by atoms with Crippen molar-refractivity contribution in [3.8, 4) is 0 Å². The van der Waals surface area contributed by atoms with Crippen molar-refractivity contribution in [3.63, 3.8) is 0 Å². The average molecular weight is 862 g/mol. The van der Waals surface area contributed by atoms with E-state index in [1.165, 1.54) is 63.0 Å². The molecule has 0 N–H and O–H groups in total. The molecule has 2 aliphatic rings. The van der Waals surface area contributed by atoms with Crippen LogP contribution in [0.3, 0.4) is 0 Å². The van der Waals surface area contributed by atoms with Crippen LogP contribution in [0.5, 0.6) is 0 Å². The van der Waals surface area contributed by atoms with Gasteiger partial charge in [0.25, 0.3) is 0 Å². The van der Waals surface area contributed by atoms with Crippen molar-refractivity contribution in [2.45, 2.75) is 62.9 Å². The van der Waals surface area contributed by atoms with Crippen LogP contribution in [-0.2, 0) is 20.7 Å². The molecule has 5 aromatic carbocycles. The van der Waals surface area contributed by atoms with E-state index in [1.807, 2.05) is 0 Å². The third-order valence-electron chi connectivity index (χ3n) is 9.96. The number of carbonyl (C=O) groups excluding carboxylic acids is 1. The summed E-state index contributed by atoms with van der Waals surface area (Å²) in [5.41, 5.74) is 2.72. The fourth-order valence-electron chi connectivity index (χ4n) is 7.65. The Labute approximate surface area is 285 Å². The molecule has 1 fully saturated rings. The maximum absolute atomic E-state index is 14.2. The third-order valence-corrected chi connectivity index (χ3v) is 28.7. The van der Waals surface area contributed by atoms with Gasteiger partial charge in [-0.05, 0) is 0 Å². The molecule has 1 saturated carbocycles. The summed E-state index contributed by atoms with van der Waals surface area (Å²) in [4.78, 5) is 16.9. The molecule has 0 atom stereocenters. The number of hydrogen-bond donors (Lipinski definition) is 0. The molecule has 7 rings (SSSR count). The molecule has 5 heteroatoms. The molecular formula is C41H42BiGeNO2. The third kappa shape index (κ3) is 6.68. The Balaban J connectivity index is 1.22. The van der Waals surface area contributed by atoms with E-state index in [-0.39, 0.29) is 5.97 Å². The van der Waals surface area contributed by atoms with E-state index in [2.05, 4.69) is 144 Å². The Kier molecular flexibility index (Phi) is 10.2. The summed E-state index contributed by atoms with van der Waals surface area (Å²) < 4.78 is 13.6. The minimum absolute atomic E-state index is 0.0371. The van der Waals surface area contributed by atoms with E-state index >= 15 is 0 Å². The number of nitrogens with zero attached hydrogens (tertiary/aromatic N) is 1. The predicted octanol–water partition coefficient (Wildman–Crippen LogP) is 5.54. The molecule has 46 heavy (non-hydrogen) atoms. The van der Waals surface area contributed by atoms with E-state index in [0.29, 0.717) is 12.5 Å². The summed E-state index contributed by atoms with van der Waals surface area (Å²) in [5, 5.41) is 0.813. The SMILES string of the molecule is O=C(C[CH2][Ge]([c]1ccccc1)([c]1ccccc1)[c]1ccccc1)[O][Bi]1[c]2ccccc2CN(C2CCCCC2)Cc2cccc[c]21. The van der Waals surface area contributed by atoms with Gasteiger partial charge < -0.3 is 0 Å². The number of carbonyl (C=O) groups is 1. The molecule has 3 nitrogen and oxygen atoms in total. The maximum atomic E-state index is 14.2. The second-order valence-electron chi connectivity index (χ2n) is 12.7. The van der Waals surface area contributed by atoms with Crippen LogP contribution in [-0.4, -0.2) is 52.4 Å². The van der Waals surface area contributed by atoms with Crippen molar-refractivity contribution in [2.75, 3.05) is 0 Å². The van der Waals surface area contributed by atoms with E-state index < -0.39 is 35.5 Å². The Morgan fingerprint density at radius 2 is 1.04 bits per heavy atom. The fourth-order valence-corrected chi connectivity index (χ4v) is 25.4. The van der Waals surface area contributed by atoms with Gasteiger partial charge in [0, 0.05) is 0 Å². The van der Waals surface area contributed by atoms with Crippen LogP contribution in [0, 0.1) is 0 Å². The van der Waals surface area contributed by atoms with Crippen LogP contribution < -0.4 is 19.7 Å². The quantitative estimate of drug-likeness (QED) is 0.192. The van der Waals surface area contributed by atoms with Gasteiger partial charge in [-0.1, -0.05) is 0 Å². The van der Waals surface area contributed by atoms with E-state index in [1.54, 1.807) is 0 Å². The van der Waals surface area contributed by atoms with E-state index in [9.17, 15) is 4.79 Å². The van der Waals surface area contributed by atoms with Gasteiger partial charge >= 0.3 is 287 Å². The van der Waals surface area contributed by atoms with Gasteiger partial charge in [0.1, 0.15) is 0 Å². The second kappa shape index (κ2) is 14.8. The Hall–Kier alpha value is -3.04. The molecule has 0 unspecified atom stereocenters. The summed E-state index contributed by atoms with van der Waals surface area (Å²) in [6.07, 6.45) is 6.99. The van der Waals surface area contributed by atoms with Gasteiger partial charge in [-0.3, -0.25) is 0 Å². The van der Waals surface area contributed by atoms with Crippen LogP contribution in [0.4, 0.5) is 0 Å². The topological polar surface area (TPSA) is 29.5 Å². The molecule has 0 aromatic heterocycles. The number of benzene rings is 5. The molecule has 0 spiro atoms. The minimum atomic E-state index is -3.24. The second-order valence-corrected chi connectivity index (χ2v) is 27.9. The van der Waals surface area contributed by atoms with E-state index in [0.717, 1.165) is 18.3 Å². The first-order chi connectivity index (χ1) is 22.7. The van der Waals surface area contributed by atoms with Crippen LogP contribution in [0.2, 0.25) is 5.25 Å². The van der Waals surface area contributed by atoms with Crippen molar-refractivity contribution in [2.24, 2.45) is 0 Å². The molecule has 1 aliphatic heterocycles.